The maximum Gasteiger partial charge on any atom is 0.238 e. The number of hydrogen-bond acceptors (Lipinski definition) is 3. The van der Waals surface area contributed by atoms with Gasteiger partial charge in [0.2, 0.25) is 5.95 Å². The molecule has 0 spiro atoms. The number of fused-ring (bicyclic) bond motifs is 9. The van der Waals surface area contributed by atoms with E-state index in [1.165, 1.54) is 42.3 Å². The van der Waals surface area contributed by atoms with Gasteiger partial charge in [-0.2, -0.15) is 9.97 Å². The molecule has 16 aromatic rings. The van der Waals surface area contributed by atoms with Gasteiger partial charge in [-0.25, -0.2) is 4.98 Å². The molecule has 0 aliphatic carbocycles. The van der Waals surface area contributed by atoms with E-state index in [1.54, 1.807) is 0 Å². The molecule has 0 amide bonds. The minimum atomic E-state index is -2.93. The first kappa shape index (κ1) is 47.3. The minimum absolute atomic E-state index is 0.530. The van der Waals surface area contributed by atoms with Crippen LogP contribution in [0.15, 0.2) is 303 Å². The van der Waals surface area contributed by atoms with Crippen LogP contribution < -0.4 is 20.7 Å². The van der Waals surface area contributed by atoms with Crippen molar-refractivity contribution in [2.75, 3.05) is 0 Å². The molecule has 12 aromatic carbocycles. The van der Waals surface area contributed by atoms with Gasteiger partial charge in [-0.1, -0.05) is 237 Å². The number of aromatic nitrogens is 6. The summed E-state index contributed by atoms with van der Waals surface area (Å²) in [6.07, 6.45) is 0. The van der Waals surface area contributed by atoms with Crippen LogP contribution in [0, 0.1) is 0 Å². The third-order valence-electron chi connectivity index (χ3n) is 16.6. The highest BCUT2D eigenvalue weighted by molar-refractivity contribution is 7.19. The van der Waals surface area contributed by atoms with Gasteiger partial charge >= 0.3 is 0 Å². The summed E-state index contributed by atoms with van der Waals surface area (Å²) in [5.74, 6) is 1.70. The maximum atomic E-state index is 5.65. The number of para-hydroxylation sites is 4. The Morgan fingerprint density at radius 2 is 0.561 bits per heavy atom. The van der Waals surface area contributed by atoms with Gasteiger partial charge < -0.3 is 9.13 Å². The summed E-state index contributed by atoms with van der Waals surface area (Å²) < 4.78 is 7.06. The zero-order valence-electron chi connectivity index (χ0n) is 44.6. The Labute approximate surface area is 474 Å². The van der Waals surface area contributed by atoms with Crippen LogP contribution in [0.2, 0.25) is 0 Å². The second kappa shape index (κ2) is 19.3. The SMILES string of the molecule is c1ccc(-c2cccc(-c3nc(-c4cccc([Si](c5ccccc5)(c5ccccc5)c5ccccc5)c4)nc(-n4c5ccc(-n6c7ccccc7c7ccccc76)cc5c5cc(-n6c7ccccc7c7ccccc76)ccc54)n3)c2)cc1. The number of hydrogen-bond donors (Lipinski definition) is 0. The van der Waals surface area contributed by atoms with Gasteiger partial charge in [0.15, 0.2) is 19.7 Å². The minimum Gasteiger partial charge on any atom is -0.309 e. The molecule has 6 nitrogen and oxygen atoms in total. The highest BCUT2D eigenvalue weighted by Crippen LogP contribution is 2.40. The molecule has 0 fully saturated rings. The standard InChI is InChI=1S/C75H50N6Si/c1-5-23-51(24-6-1)52-25-21-26-53(47-52)73-76-74(54-27-22-34-60(48-54)82(57-28-7-2-8-29-57,58-30-9-3-10-31-58)59-32-11-4-12-33-59)78-75(77-73)81-71-45-43-55(79-67-39-17-13-35-61(67)62-36-14-18-40-68(62)79)49-65(71)66-50-56(44-46-72(66)81)80-69-41-19-15-37-63(69)64-38-16-20-42-70(64)80/h1-50H. The van der Waals surface area contributed by atoms with E-state index in [-0.39, 0.29) is 0 Å². The predicted octanol–water partition coefficient (Wildman–Crippen LogP) is 15.5. The van der Waals surface area contributed by atoms with Gasteiger partial charge in [-0.15, -0.1) is 0 Å². The Balaban J connectivity index is 0.971. The lowest BCUT2D eigenvalue weighted by Crippen LogP contribution is -2.74. The van der Waals surface area contributed by atoms with Crippen LogP contribution in [0.5, 0.6) is 0 Å². The molecule has 4 heterocycles. The zero-order valence-corrected chi connectivity index (χ0v) is 45.6. The lowest BCUT2D eigenvalue weighted by atomic mass is 10.0. The second-order valence-corrected chi connectivity index (χ2v) is 24.9. The average molecular weight is 1060 g/mol. The fourth-order valence-electron chi connectivity index (χ4n) is 13.0. The van der Waals surface area contributed by atoms with Crippen molar-refractivity contribution in [3.05, 3.63) is 303 Å². The molecule has 0 aliphatic heterocycles. The predicted molar refractivity (Wildman–Crippen MR) is 343 cm³/mol. The van der Waals surface area contributed by atoms with Crippen LogP contribution in [-0.2, 0) is 0 Å². The number of rotatable bonds is 10. The molecule has 7 heteroatoms. The third kappa shape index (κ3) is 7.51. The molecule has 16 rings (SSSR count). The Hall–Kier alpha value is -10.7. The molecule has 4 aromatic heterocycles. The van der Waals surface area contributed by atoms with E-state index in [0.717, 1.165) is 77.5 Å². The molecule has 0 saturated heterocycles. The van der Waals surface area contributed by atoms with Gasteiger partial charge in [0.05, 0.1) is 33.1 Å². The van der Waals surface area contributed by atoms with Gasteiger partial charge in [-0.3, -0.25) is 4.57 Å². The smallest absolute Gasteiger partial charge is 0.238 e. The first-order chi connectivity index (χ1) is 40.7. The highest BCUT2D eigenvalue weighted by Gasteiger charge is 2.41. The fourth-order valence-corrected chi connectivity index (χ4v) is 17.8. The molecule has 0 unspecified atom stereocenters. The first-order valence-electron chi connectivity index (χ1n) is 27.9. The van der Waals surface area contributed by atoms with Crippen LogP contribution in [0.4, 0.5) is 0 Å². The van der Waals surface area contributed by atoms with E-state index < -0.39 is 8.07 Å². The van der Waals surface area contributed by atoms with E-state index in [2.05, 4.69) is 317 Å². The summed E-state index contributed by atoms with van der Waals surface area (Å²) in [4.78, 5) is 16.7. The normalized spacial score (nSPS) is 11.9. The monoisotopic (exact) mass is 1060 g/mol. The molecule has 82 heavy (non-hydrogen) atoms. The van der Waals surface area contributed by atoms with E-state index in [0.29, 0.717) is 17.6 Å². The molecule has 0 saturated carbocycles. The molecule has 0 atom stereocenters. The Morgan fingerprint density at radius 3 is 1.01 bits per heavy atom. The van der Waals surface area contributed by atoms with Crippen LogP contribution in [0.1, 0.15) is 0 Å². The number of benzene rings is 12. The highest BCUT2D eigenvalue weighted by atomic mass is 28.3. The largest absolute Gasteiger partial charge is 0.309 e. The number of nitrogens with zero attached hydrogens (tertiary/aromatic N) is 6. The van der Waals surface area contributed by atoms with Crippen LogP contribution in [-0.4, -0.2) is 36.7 Å². The average Bonchev–Trinajstić information content (AvgIpc) is 4.10. The van der Waals surface area contributed by atoms with Gasteiger partial charge in [0, 0.05) is 54.8 Å². The molecule has 384 valence electrons. The molecule has 0 radical (unpaired) electrons. The Kier molecular flexibility index (Phi) is 11.1. The summed E-state index contributed by atoms with van der Waals surface area (Å²) in [7, 11) is -2.93. The van der Waals surface area contributed by atoms with Crippen molar-refractivity contribution in [3.63, 3.8) is 0 Å². The lowest BCUT2D eigenvalue weighted by Gasteiger charge is -2.34. The zero-order chi connectivity index (χ0) is 54.1. The molecular weight excluding hydrogens is 1010 g/mol. The maximum absolute atomic E-state index is 5.65. The van der Waals surface area contributed by atoms with E-state index in [4.69, 9.17) is 15.0 Å². The quantitative estimate of drug-likeness (QED) is 0.101. The van der Waals surface area contributed by atoms with Crippen molar-refractivity contribution in [3.8, 4) is 51.2 Å². The van der Waals surface area contributed by atoms with E-state index in [9.17, 15) is 0 Å². The molecule has 0 aliphatic rings. The molecule has 0 N–H and O–H groups in total. The van der Waals surface area contributed by atoms with Crippen LogP contribution >= 0.6 is 0 Å². The third-order valence-corrected chi connectivity index (χ3v) is 21.4. The van der Waals surface area contributed by atoms with Crippen LogP contribution in [0.3, 0.4) is 0 Å². The van der Waals surface area contributed by atoms with E-state index in [1.807, 2.05) is 0 Å². The summed E-state index contributed by atoms with van der Waals surface area (Å²) in [5.41, 5.74) is 12.7. The summed E-state index contributed by atoms with van der Waals surface area (Å²) in [6, 6.07) is 110. The van der Waals surface area contributed by atoms with Crippen molar-refractivity contribution in [1.29, 1.82) is 0 Å². The van der Waals surface area contributed by atoms with Crippen molar-refractivity contribution in [2.45, 2.75) is 0 Å². The van der Waals surface area contributed by atoms with Crippen molar-refractivity contribution in [1.82, 2.24) is 28.7 Å². The van der Waals surface area contributed by atoms with Crippen LogP contribution in [0.25, 0.3) is 117 Å². The molecular formula is C75H50N6Si. The van der Waals surface area contributed by atoms with Gasteiger partial charge in [0.1, 0.15) is 0 Å². The van der Waals surface area contributed by atoms with Gasteiger partial charge in [0.25, 0.3) is 0 Å². The first-order valence-corrected chi connectivity index (χ1v) is 29.9. The van der Waals surface area contributed by atoms with Crippen molar-refractivity contribution < 1.29 is 0 Å². The topological polar surface area (TPSA) is 53.5 Å². The Morgan fingerprint density at radius 1 is 0.220 bits per heavy atom. The fraction of sp³-hybridized carbons (Fsp3) is 0. The van der Waals surface area contributed by atoms with Crippen molar-refractivity contribution >= 4 is 94.2 Å². The summed E-state index contributed by atoms with van der Waals surface area (Å²) in [5, 5.41) is 12.2. The van der Waals surface area contributed by atoms with Gasteiger partial charge in [-0.05, 0) is 98.6 Å². The summed E-state index contributed by atoms with van der Waals surface area (Å²) >= 11 is 0. The molecule has 0 bridgehead atoms. The second-order valence-electron chi connectivity index (χ2n) is 21.1. The lowest BCUT2D eigenvalue weighted by molar-refractivity contribution is 0.953. The van der Waals surface area contributed by atoms with Crippen molar-refractivity contribution in [2.24, 2.45) is 0 Å². The van der Waals surface area contributed by atoms with E-state index >= 15 is 0 Å². The Bertz CT molecular complexity index is 4730. The summed E-state index contributed by atoms with van der Waals surface area (Å²) in [6.45, 7) is 0.